The van der Waals surface area contributed by atoms with Crippen LogP contribution >= 0.6 is 15.9 Å². The Morgan fingerprint density at radius 3 is 2.67 bits per heavy atom. The highest BCUT2D eigenvalue weighted by molar-refractivity contribution is 9.10. The number of benzene rings is 1. The summed E-state index contributed by atoms with van der Waals surface area (Å²) in [4.78, 5) is 0. The first-order chi connectivity index (χ1) is 7.25. The molecule has 0 aliphatic heterocycles. The van der Waals surface area contributed by atoms with Crippen molar-refractivity contribution in [2.24, 2.45) is 7.05 Å². The summed E-state index contributed by atoms with van der Waals surface area (Å²) in [6, 6.07) is 7.68. The Bertz CT molecular complexity index is 438. The molecule has 0 bridgehead atoms. The molecule has 15 heavy (non-hydrogen) atoms. The van der Waals surface area contributed by atoms with Crippen LogP contribution < -0.4 is 4.74 Å². The fraction of sp³-hybridized carbons (Fsp3) is 0.200. The molecule has 1 heterocycles. The van der Waals surface area contributed by atoms with E-state index >= 15 is 0 Å². The van der Waals surface area contributed by atoms with Gasteiger partial charge in [-0.05, 0) is 24.3 Å². The summed E-state index contributed by atoms with van der Waals surface area (Å²) in [5.74, 6) is 1.62. The number of ether oxygens (including phenoxy) is 1. The van der Waals surface area contributed by atoms with Crippen LogP contribution in [0.25, 0.3) is 0 Å². The van der Waals surface area contributed by atoms with Crippen LogP contribution in [0.15, 0.2) is 35.1 Å². The lowest BCUT2D eigenvalue weighted by atomic mass is 10.3. The van der Waals surface area contributed by atoms with Gasteiger partial charge in [0.25, 0.3) is 0 Å². The highest BCUT2D eigenvalue weighted by Crippen LogP contribution is 2.16. The molecule has 1 aromatic heterocycles. The molecule has 0 aliphatic carbocycles. The van der Waals surface area contributed by atoms with Gasteiger partial charge in [-0.1, -0.05) is 15.9 Å². The highest BCUT2D eigenvalue weighted by atomic mass is 79.9. The Hall–Kier alpha value is -1.36. The molecular formula is C10H10BrN3O. The normalized spacial score (nSPS) is 10.3. The van der Waals surface area contributed by atoms with Crippen LogP contribution in [0.2, 0.25) is 0 Å². The van der Waals surface area contributed by atoms with Crippen LogP contribution in [-0.2, 0) is 13.7 Å². The Morgan fingerprint density at radius 1 is 1.33 bits per heavy atom. The molecule has 0 amide bonds. The van der Waals surface area contributed by atoms with Crippen molar-refractivity contribution in [3.63, 3.8) is 0 Å². The smallest absolute Gasteiger partial charge is 0.170 e. The van der Waals surface area contributed by atoms with Gasteiger partial charge in [0.2, 0.25) is 0 Å². The van der Waals surface area contributed by atoms with Gasteiger partial charge < -0.3 is 9.30 Å². The summed E-state index contributed by atoms with van der Waals surface area (Å²) < 4.78 is 8.41. The Kier molecular flexibility index (Phi) is 3.01. The molecule has 0 N–H and O–H groups in total. The molecule has 2 rings (SSSR count). The molecule has 0 spiro atoms. The minimum absolute atomic E-state index is 0.429. The number of halogens is 1. The first-order valence-electron chi connectivity index (χ1n) is 4.47. The van der Waals surface area contributed by atoms with Crippen molar-refractivity contribution in [1.82, 2.24) is 14.8 Å². The fourth-order valence-corrected chi connectivity index (χ4v) is 1.38. The van der Waals surface area contributed by atoms with E-state index in [9.17, 15) is 0 Å². The maximum Gasteiger partial charge on any atom is 0.170 e. The second-order valence-corrected chi connectivity index (χ2v) is 4.02. The molecule has 5 heteroatoms. The third-order valence-corrected chi connectivity index (χ3v) is 2.52. The van der Waals surface area contributed by atoms with Gasteiger partial charge in [0, 0.05) is 11.5 Å². The van der Waals surface area contributed by atoms with Gasteiger partial charge in [0.1, 0.15) is 18.7 Å². The molecule has 2 aromatic rings. The van der Waals surface area contributed by atoms with Gasteiger partial charge >= 0.3 is 0 Å². The number of nitrogens with zero attached hydrogens (tertiary/aromatic N) is 3. The first kappa shape index (κ1) is 10.2. The molecule has 0 saturated heterocycles. The lowest BCUT2D eigenvalue weighted by Crippen LogP contribution is -2.02. The fourth-order valence-electron chi connectivity index (χ4n) is 1.12. The van der Waals surface area contributed by atoms with Crippen LogP contribution in [0.3, 0.4) is 0 Å². The Labute approximate surface area is 96.0 Å². The number of aromatic nitrogens is 3. The molecule has 4 nitrogen and oxygen atoms in total. The second kappa shape index (κ2) is 4.44. The maximum atomic E-state index is 5.54. The predicted octanol–water partition coefficient (Wildman–Crippen LogP) is 2.16. The summed E-state index contributed by atoms with van der Waals surface area (Å²) in [7, 11) is 1.89. The molecule has 0 aliphatic rings. The SMILES string of the molecule is Cn1cnnc1COc1ccc(Br)cc1. The molecule has 1 aromatic carbocycles. The topological polar surface area (TPSA) is 39.9 Å². The van der Waals surface area contributed by atoms with Gasteiger partial charge in [-0.2, -0.15) is 0 Å². The maximum absolute atomic E-state index is 5.54. The van der Waals surface area contributed by atoms with Crippen molar-refractivity contribution >= 4 is 15.9 Å². The van der Waals surface area contributed by atoms with Gasteiger partial charge in [-0.15, -0.1) is 10.2 Å². The van der Waals surface area contributed by atoms with Crippen LogP contribution in [0.1, 0.15) is 5.82 Å². The zero-order valence-electron chi connectivity index (χ0n) is 8.22. The zero-order valence-corrected chi connectivity index (χ0v) is 9.81. The van der Waals surface area contributed by atoms with Crippen molar-refractivity contribution in [2.75, 3.05) is 0 Å². The average Bonchev–Trinajstić information content (AvgIpc) is 2.63. The second-order valence-electron chi connectivity index (χ2n) is 3.10. The van der Waals surface area contributed by atoms with Gasteiger partial charge in [-0.3, -0.25) is 0 Å². The molecule has 78 valence electrons. The number of rotatable bonds is 3. The van der Waals surface area contributed by atoms with Gasteiger partial charge in [0.05, 0.1) is 0 Å². The van der Waals surface area contributed by atoms with E-state index in [4.69, 9.17) is 4.74 Å². The monoisotopic (exact) mass is 267 g/mol. The van der Waals surface area contributed by atoms with E-state index in [0.717, 1.165) is 16.0 Å². The molecule has 0 fully saturated rings. The minimum Gasteiger partial charge on any atom is -0.486 e. The van der Waals surface area contributed by atoms with Crippen LogP contribution in [0.5, 0.6) is 5.75 Å². The number of hydrogen-bond donors (Lipinski definition) is 0. The summed E-state index contributed by atoms with van der Waals surface area (Å²) in [5.41, 5.74) is 0. The van der Waals surface area contributed by atoms with E-state index in [-0.39, 0.29) is 0 Å². The van der Waals surface area contributed by atoms with Crippen molar-refractivity contribution in [3.8, 4) is 5.75 Å². The van der Waals surface area contributed by atoms with Crippen LogP contribution in [-0.4, -0.2) is 14.8 Å². The first-order valence-corrected chi connectivity index (χ1v) is 5.26. The molecule has 0 unspecified atom stereocenters. The van der Waals surface area contributed by atoms with Gasteiger partial charge in [0.15, 0.2) is 5.82 Å². The number of hydrogen-bond acceptors (Lipinski definition) is 3. The standard InChI is InChI=1S/C10H10BrN3O/c1-14-7-12-13-10(14)6-15-9-4-2-8(11)3-5-9/h2-5,7H,6H2,1H3. The van der Waals surface area contributed by atoms with E-state index in [1.54, 1.807) is 6.33 Å². The largest absolute Gasteiger partial charge is 0.486 e. The molecule has 0 radical (unpaired) electrons. The lowest BCUT2D eigenvalue weighted by molar-refractivity contribution is 0.291. The third-order valence-electron chi connectivity index (χ3n) is 1.99. The summed E-state index contributed by atoms with van der Waals surface area (Å²) in [6.07, 6.45) is 1.65. The van der Waals surface area contributed by atoms with Crippen molar-refractivity contribution in [2.45, 2.75) is 6.61 Å². The third kappa shape index (κ3) is 2.56. The minimum atomic E-state index is 0.429. The molecule has 0 atom stereocenters. The Morgan fingerprint density at radius 2 is 2.07 bits per heavy atom. The summed E-state index contributed by atoms with van der Waals surface area (Å²) >= 11 is 3.36. The summed E-state index contributed by atoms with van der Waals surface area (Å²) in [5, 5.41) is 7.70. The quantitative estimate of drug-likeness (QED) is 0.856. The van der Waals surface area contributed by atoms with E-state index in [2.05, 4.69) is 26.1 Å². The summed E-state index contributed by atoms with van der Waals surface area (Å²) in [6.45, 7) is 0.429. The van der Waals surface area contributed by atoms with Crippen LogP contribution in [0, 0.1) is 0 Å². The predicted molar refractivity (Wildman–Crippen MR) is 59.5 cm³/mol. The van der Waals surface area contributed by atoms with E-state index in [0.29, 0.717) is 6.61 Å². The van der Waals surface area contributed by atoms with E-state index in [1.807, 2.05) is 35.9 Å². The van der Waals surface area contributed by atoms with E-state index < -0.39 is 0 Å². The molecular weight excluding hydrogens is 258 g/mol. The lowest BCUT2D eigenvalue weighted by Gasteiger charge is -2.04. The van der Waals surface area contributed by atoms with Crippen molar-refractivity contribution in [3.05, 3.63) is 40.9 Å². The average molecular weight is 268 g/mol. The number of aryl methyl sites for hydroxylation is 1. The van der Waals surface area contributed by atoms with E-state index in [1.165, 1.54) is 0 Å². The van der Waals surface area contributed by atoms with Crippen molar-refractivity contribution < 1.29 is 4.74 Å². The van der Waals surface area contributed by atoms with Gasteiger partial charge in [-0.25, -0.2) is 0 Å². The Balaban J connectivity index is 1.99. The zero-order chi connectivity index (χ0) is 10.7. The molecule has 0 saturated carbocycles. The highest BCUT2D eigenvalue weighted by Gasteiger charge is 2.01. The van der Waals surface area contributed by atoms with Crippen molar-refractivity contribution in [1.29, 1.82) is 0 Å². The van der Waals surface area contributed by atoms with Crippen LogP contribution in [0.4, 0.5) is 0 Å².